The third-order valence-electron chi connectivity index (χ3n) is 12.5. The topological polar surface area (TPSA) is 237 Å². The number of likely N-dealkylation sites (N-methyl/N-ethyl adjacent to an activating group) is 1. The van der Waals surface area contributed by atoms with Crippen LogP contribution in [0.3, 0.4) is 0 Å². The highest BCUT2D eigenvalue weighted by atomic mass is 35.5. The average Bonchev–Trinajstić information content (AvgIpc) is 3.16. The highest BCUT2D eigenvalue weighted by Gasteiger charge is 2.59. The zero-order valence-corrected chi connectivity index (χ0v) is 35.3. The number of phenols is 2. The lowest BCUT2D eigenvalue weighted by Gasteiger charge is -2.50. The predicted molar refractivity (Wildman–Crippen MR) is 210 cm³/mol. The minimum Gasteiger partial charge on any atom is -0.507 e. The quantitative estimate of drug-likeness (QED) is 0.154. The molecule has 17 nitrogen and oxygen atoms in total. The van der Waals surface area contributed by atoms with Crippen molar-refractivity contribution in [2.24, 2.45) is 0 Å². The summed E-state index contributed by atoms with van der Waals surface area (Å²) in [4.78, 5) is 55.0. The first-order valence-corrected chi connectivity index (χ1v) is 20.0. The number of aliphatic hydroxyl groups is 3. The van der Waals surface area contributed by atoms with Gasteiger partial charge in [-0.05, 0) is 59.0 Å². The summed E-state index contributed by atoms with van der Waals surface area (Å²) in [5, 5.41) is 58.5. The Labute approximate surface area is 353 Å². The van der Waals surface area contributed by atoms with Gasteiger partial charge >= 0.3 is 5.97 Å². The Bertz CT molecular complexity index is 2000. The summed E-state index contributed by atoms with van der Waals surface area (Å²) in [6, 6.07) is 4.69. The van der Waals surface area contributed by atoms with Gasteiger partial charge in [0.1, 0.15) is 35.7 Å². The van der Waals surface area contributed by atoms with E-state index in [4.69, 9.17) is 33.2 Å². The Balaban J connectivity index is 0.00000604. The van der Waals surface area contributed by atoms with Crippen molar-refractivity contribution in [2.75, 3.05) is 21.2 Å². The molecule has 5 aliphatic rings. The summed E-state index contributed by atoms with van der Waals surface area (Å²) >= 11 is 0. The number of phenolic OH excluding ortho intramolecular Hbond substituents is 2. The van der Waals surface area contributed by atoms with E-state index in [0.29, 0.717) is 12.8 Å². The van der Waals surface area contributed by atoms with Crippen molar-refractivity contribution in [3.8, 4) is 11.5 Å². The van der Waals surface area contributed by atoms with Crippen LogP contribution in [0.5, 0.6) is 11.5 Å². The third kappa shape index (κ3) is 7.99. The lowest BCUT2D eigenvalue weighted by Crippen LogP contribution is -2.59. The lowest BCUT2D eigenvalue weighted by atomic mass is 9.65. The summed E-state index contributed by atoms with van der Waals surface area (Å²) in [5.41, 5.74) is -3.94. The van der Waals surface area contributed by atoms with Crippen molar-refractivity contribution in [1.82, 2.24) is 4.90 Å². The Kier molecular flexibility index (Phi) is 13.2. The number of methoxy groups -OCH3 is 1. The number of nitrogens with zero attached hydrogens (tertiary/aromatic N) is 1. The zero-order chi connectivity index (χ0) is 42.9. The molecule has 0 aromatic heterocycles. The van der Waals surface area contributed by atoms with E-state index < -0.39 is 125 Å². The number of hydrogen-bond donors (Lipinski definition) is 5. The third-order valence-corrected chi connectivity index (χ3v) is 12.5. The van der Waals surface area contributed by atoms with Crippen molar-refractivity contribution >= 4 is 35.7 Å². The van der Waals surface area contributed by atoms with Crippen molar-refractivity contribution in [3.63, 3.8) is 0 Å². The Morgan fingerprint density at radius 2 is 1.57 bits per heavy atom. The first-order valence-electron chi connectivity index (χ1n) is 20.0. The maximum Gasteiger partial charge on any atom is 0.316 e. The van der Waals surface area contributed by atoms with Gasteiger partial charge in [-0.3, -0.25) is 19.2 Å². The molecule has 7 rings (SSSR count). The van der Waals surface area contributed by atoms with Gasteiger partial charge in [0.15, 0.2) is 30.4 Å². The molecule has 0 spiro atoms. The van der Waals surface area contributed by atoms with Crippen LogP contribution in [0.25, 0.3) is 0 Å². The van der Waals surface area contributed by atoms with Gasteiger partial charge in [-0.15, -0.1) is 12.4 Å². The van der Waals surface area contributed by atoms with Crippen LogP contribution in [0.15, 0.2) is 24.3 Å². The minimum absolute atomic E-state index is 0. The number of fused-ring (bicyclic) bond motifs is 3. The first kappa shape index (κ1) is 45.9. The molecule has 13 atom stereocenters. The summed E-state index contributed by atoms with van der Waals surface area (Å²) in [6.45, 7) is 6.72. The van der Waals surface area contributed by atoms with Gasteiger partial charge in [0.05, 0.1) is 47.7 Å². The SMILES string of the molecule is CC[C@@]1(O)C[C@](O)(O[C@H]2C[C@@H](N(C)C)[C@H](O[C@H]3C[C@@H](O)[C@H](O[C@H]4CCC(=O)C(C)O4)C(C)O3)C(C)O2)c2c(cc3c(c2O)C(=O)c2c(O)cccc2C3=O)[C@H]1C(=O)OC.Cl. The molecule has 60 heavy (non-hydrogen) atoms. The molecule has 5 N–H and O–H groups in total. The number of hydrogen-bond acceptors (Lipinski definition) is 17. The molecule has 18 heteroatoms. The van der Waals surface area contributed by atoms with Crippen molar-refractivity contribution in [2.45, 2.75) is 145 Å². The molecular weight excluding hydrogens is 810 g/mol. The summed E-state index contributed by atoms with van der Waals surface area (Å²) in [7, 11) is 4.73. The number of halogens is 1. The standard InChI is InChI=1S/C42H53NO16.ClH/c1-8-41(51)17-42(52,33-23(34(41)40(50)53-7)14-22-32(37(33)49)36(48)31-21(35(22)47)10-9-11-26(31)45)59-30-15-24(43(5)6)38(19(3)56-30)58-29-16-27(46)39(20(4)55-29)57-28-13-12-25(44)18(2)54-28;/h9-11,14,18-20,24,27-30,34,38-39,45-46,49,51-52H,8,12-13,15-17H2,1-7H3;1H/t18?,19?,20?,24-,27-,28+,29+,30+,34+,38-,39-,41-,42+;/m1./s1. The fourth-order valence-electron chi connectivity index (χ4n) is 9.37. The van der Waals surface area contributed by atoms with E-state index in [0.717, 1.165) is 7.11 Å². The highest BCUT2D eigenvalue weighted by molar-refractivity contribution is 6.30. The number of carbonyl (C=O) groups is 4. The molecule has 3 heterocycles. The van der Waals surface area contributed by atoms with Crippen molar-refractivity contribution in [3.05, 3.63) is 57.6 Å². The maximum atomic E-state index is 13.9. The molecule has 0 amide bonds. The predicted octanol–water partition coefficient (Wildman–Crippen LogP) is 2.68. The molecule has 0 radical (unpaired) electrons. The number of carbonyl (C=O) groups excluding carboxylic acids is 4. The molecular formula is C42H54ClNO16. The second kappa shape index (κ2) is 17.3. The van der Waals surface area contributed by atoms with Crippen LogP contribution < -0.4 is 0 Å². The van der Waals surface area contributed by atoms with Crippen LogP contribution in [-0.4, -0.2) is 142 Å². The minimum atomic E-state index is -2.62. The Morgan fingerprint density at radius 1 is 0.900 bits per heavy atom. The van der Waals surface area contributed by atoms with Gasteiger partial charge in [-0.1, -0.05) is 19.1 Å². The van der Waals surface area contributed by atoms with Gasteiger partial charge in [0.25, 0.3) is 0 Å². The fraction of sp³-hybridized carbons (Fsp3) is 0.619. The summed E-state index contributed by atoms with van der Waals surface area (Å²) in [5.74, 6) is -8.05. The molecule has 3 aliphatic heterocycles. The maximum absolute atomic E-state index is 13.9. The Hall–Kier alpha value is -3.59. The van der Waals surface area contributed by atoms with Crippen LogP contribution in [0.1, 0.15) is 115 Å². The smallest absolute Gasteiger partial charge is 0.316 e. The lowest BCUT2D eigenvalue weighted by molar-refractivity contribution is -0.360. The summed E-state index contributed by atoms with van der Waals surface area (Å²) < 4.78 is 42.1. The number of Topliss-reactive ketones (excluding diaryl/α,β-unsaturated/α-hetero) is 1. The second-order valence-electron chi connectivity index (χ2n) is 16.5. The number of aromatic hydroxyl groups is 2. The van der Waals surface area contributed by atoms with E-state index in [1.807, 2.05) is 19.0 Å². The van der Waals surface area contributed by atoms with E-state index in [1.54, 1.807) is 27.7 Å². The van der Waals surface area contributed by atoms with Gasteiger partial charge in [-0.25, -0.2) is 0 Å². The van der Waals surface area contributed by atoms with Crippen LogP contribution in [-0.2, 0) is 48.5 Å². The first-order chi connectivity index (χ1) is 27.8. The molecule has 0 saturated carbocycles. The molecule has 2 aliphatic carbocycles. The van der Waals surface area contributed by atoms with Gasteiger partial charge in [0.2, 0.25) is 11.6 Å². The van der Waals surface area contributed by atoms with Gasteiger partial charge < -0.3 is 63.6 Å². The monoisotopic (exact) mass is 863 g/mol. The van der Waals surface area contributed by atoms with E-state index in [2.05, 4.69) is 0 Å². The second-order valence-corrected chi connectivity index (χ2v) is 16.5. The Morgan fingerprint density at radius 3 is 2.20 bits per heavy atom. The van der Waals surface area contributed by atoms with Crippen LogP contribution in [0.4, 0.5) is 0 Å². The molecule has 3 fully saturated rings. The number of ketones is 3. The molecule has 3 unspecified atom stereocenters. The number of aliphatic hydroxyl groups excluding tert-OH is 1. The zero-order valence-electron chi connectivity index (χ0n) is 34.5. The molecule has 0 bridgehead atoms. The van der Waals surface area contributed by atoms with E-state index in [9.17, 15) is 44.7 Å². The average molecular weight is 864 g/mol. The number of benzene rings is 2. The van der Waals surface area contributed by atoms with Gasteiger partial charge in [0, 0.05) is 49.3 Å². The van der Waals surface area contributed by atoms with E-state index >= 15 is 0 Å². The van der Waals surface area contributed by atoms with E-state index in [1.165, 1.54) is 24.3 Å². The van der Waals surface area contributed by atoms with Crippen LogP contribution >= 0.6 is 12.4 Å². The number of ether oxygens (including phenoxy) is 7. The molecule has 3 saturated heterocycles. The fourth-order valence-corrected chi connectivity index (χ4v) is 9.37. The molecule has 2 aromatic rings. The molecule has 2 aromatic carbocycles. The van der Waals surface area contributed by atoms with Crippen molar-refractivity contribution < 1.29 is 77.9 Å². The number of esters is 1. The van der Waals surface area contributed by atoms with Gasteiger partial charge in [-0.2, -0.15) is 0 Å². The molecule has 330 valence electrons. The number of rotatable bonds is 9. The normalized spacial score (nSPS) is 36.5. The van der Waals surface area contributed by atoms with E-state index in [-0.39, 0.29) is 59.7 Å². The van der Waals surface area contributed by atoms with Crippen LogP contribution in [0, 0.1) is 0 Å². The largest absolute Gasteiger partial charge is 0.507 e. The highest BCUT2D eigenvalue weighted by Crippen LogP contribution is 2.55. The van der Waals surface area contributed by atoms with Crippen LogP contribution in [0.2, 0.25) is 0 Å². The summed E-state index contributed by atoms with van der Waals surface area (Å²) in [6.07, 6.45) is -7.12. The van der Waals surface area contributed by atoms with Crippen molar-refractivity contribution in [1.29, 1.82) is 0 Å².